The van der Waals surface area contributed by atoms with E-state index in [4.69, 9.17) is 9.97 Å². The number of hydrogen-bond acceptors (Lipinski definition) is 3. The first kappa shape index (κ1) is 35.4. The molecular formula is C60H35N3S. The molecule has 3 nitrogen and oxygen atoms in total. The second-order valence-electron chi connectivity index (χ2n) is 16.9. The van der Waals surface area contributed by atoms with Gasteiger partial charge in [-0.1, -0.05) is 188 Å². The van der Waals surface area contributed by atoms with Crippen LogP contribution in [0.4, 0.5) is 0 Å². The van der Waals surface area contributed by atoms with E-state index < -0.39 is 0 Å². The van der Waals surface area contributed by atoms with Crippen molar-refractivity contribution in [2.24, 2.45) is 0 Å². The molecule has 0 spiro atoms. The Bertz CT molecular complexity index is 4230. The Labute approximate surface area is 371 Å². The van der Waals surface area contributed by atoms with E-state index in [0.717, 1.165) is 38.8 Å². The molecule has 4 aromatic heterocycles. The van der Waals surface area contributed by atoms with Gasteiger partial charge < -0.3 is 0 Å². The van der Waals surface area contributed by atoms with Gasteiger partial charge in [0.05, 0.1) is 26.9 Å². The van der Waals surface area contributed by atoms with E-state index >= 15 is 0 Å². The number of thiophene rings is 1. The number of hydrogen-bond donors (Lipinski definition) is 0. The van der Waals surface area contributed by atoms with Gasteiger partial charge in [-0.25, -0.2) is 4.98 Å². The summed E-state index contributed by atoms with van der Waals surface area (Å²) in [5.74, 6) is 0. The number of rotatable bonds is 4. The Morgan fingerprint density at radius 1 is 0.344 bits per heavy atom. The van der Waals surface area contributed by atoms with Gasteiger partial charge in [-0.05, 0) is 89.5 Å². The third kappa shape index (κ3) is 5.21. The maximum absolute atomic E-state index is 5.48. The molecule has 64 heavy (non-hydrogen) atoms. The second-order valence-corrected chi connectivity index (χ2v) is 17.9. The summed E-state index contributed by atoms with van der Waals surface area (Å²) in [7, 11) is 0. The summed E-state index contributed by atoms with van der Waals surface area (Å²) < 4.78 is 4.92. The van der Waals surface area contributed by atoms with Crippen molar-refractivity contribution in [2.45, 2.75) is 0 Å². The van der Waals surface area contributed by atoms with Gasteiger partial charge in [0.1, 0.15) is 0 Å². The van der Waals surface area contributed by atoms with Crippen LogP contribution in [0.15, 0.2) is 212 Å². The van der Waals surface area contributed by atoms with Crippen LogP contribution in [0.25, 0.3) is 135 Å². The summed E-state index contributed by atoms with van der Waals surface area (Å²) in [5, 5.41) is 13.5. The van der Waals surface area contributed by atoms with Gasteiger partial charge in [0.25, 0.3) is 0 Å². The largest absolute Gasteiger partial charge is 0.291 e. The second kappa shape index (κ2) is 13.7. The van der Waals surface area contributed by atoms with Crippen molar-refractivity contribution in [3.8, 4) is 44.6 Å². The lowest BCUT2D eigenvalue weighted by molar-refractivity contribution is 1.25. The molecule has 0 aliphatic carbocycles. The molecule has 0 N–H and O–H groups in total. The van der Waals surface area contributed by atoms with Crippen molar-refractivity contribution in [1.82, 2.24) is 14.4 Å². The summed E-state index contributed by atoms with van der Waals surface area (Å²) >= 11 is 1.86. The Balaban J connectivity index is 0.882. The number of aromatic nitrogens is 3. The molecule has 0 amide bonds. The monoisotopic (exact) mass is 829 g/mol. The maximum Gasteiger partial charge on any atom is 0.156 e. The van der Waals surface area contributed by atoms with Crippen molar-refractivity contribution in [3.05, 3.63) is 212 Å². The van der Waals surface area contributed by atoms with E-state index in [1.165, 1.54) is 96.6 Å². The van der Waals surface area contributed by atoms with Gasteiger partial charge in [0.2, 0.25) is 0 Å². The average molecular weight is 830 g/mol. The predicted molar refractivity (Wildman–Crippen MR) is 273 cm³/mol. The lowest BCUT2D eigenvalue weighted by atomic mass is 9.90. The van der Waals surface area contributed by atoms with Gasteiger partial charge in [-0.3, -0.25) is 9.38 Å². The van der Waals surface area contributed by atoms with Crippen LogP contribution in [0.3, 0.4) is 0 Å². The third-order valence-electron chi connectivity index (χ3n) is 13.4. The van der Waals surface area contributed by atoms with Crippen LogP contribution in [-0.2, 0) is 0 Å². The molecule has 0 fully saturated rings. The molecule has 0 unspecified atom stereocenters. The molecule has 0 saturated carbocycles. The van der Waals surface area contributed by atoms with Crippen LogP contribution in [0.1, 0.15) is 0 Å². The molecule has 14 aromatic rings. The highest BCUT2D eigenvalue weighted by Crippen LogP contribution is 2.45. The highest BCUT2D eigenvalue weighted by atomic mass is 32.1. The topological polar surface area (TPSA) is 30.2 Å². The first-order valence-corrected chi connectivity index (χ1v) is 22.6. The molecule has 0 saturated heterocycles. The first-order valence-electron chi connectivity index (χ1n) is 21.8. The molecule has 14 rings (SSSR count). The minimum Gasteiger partial charge on any atom is -0.291 e. The van der Waals surface area contributed by atoms with Crippen molar-refractivity contribution in [2.75, 3.05) is 0 Å². The maximum atomic E-state index is 5.48. The summed E-state index contributed by atoms with van der Waals surface area (Å²) in [6.45, 7) is 0. The fourth-order valence-corrected chi connectivity index (χ4v) is 11.7. The Morgan fingerprint density at radius 3 is 1.62 bits per heavy atom. The fraction of sp³-hybridized carbons (Fsp3) is 0. The van der Waals surface area contributed by atoms with E-state index in [1.54, 1.807) is 0 Å². The molecule has 10 aromatic carbocycles. The molecule has 296 valence electrons. The standard InChI is InChI=1S/C60H35N3S/c1-3-12-46-36(9-1)28-33-54-57(46)62-60-59-53(52-30-26-37-10-2-4-13-47(37)58(52)64-59)35-55(63(54)60)41-24-22-40(23-25-41)45-32-31-44(48-14-5-6-15-49(45)48)39-20-18-38(19-21-39)43-16-7-17-51-50(43)29-27-42-11-8-34-61-56(42)51/h1-35H. The van der Waals surface area contributed by atoms with Gasteiger partial charge in [-0.2, -0.15) is 0 Å². The molecule has 0 bridgehead atoms. The first-order chi connectivity index (χ1) is 31.7. The average Bonchev–Trinajstić information content (AvgIpc) is 3.96. The van der Waals surface area contributed by atoms with Gasteiger partial charge in [-0.15, -0.1) is 11.3 Å². The van der Waals surface area contributed by atoms with E-state index in [-0.39, 0.29) is 0 Å². The Hall–Kier alpha value is -8.18. The van der Waals surface area contributed by atoms with Crippen LogP contribution in [0.2, 0.25) is 0 Å². The lowest BCUT2D eigenvalue weighted by Crippen LogP contribution is -1.93. The van der Waals surface area contributed by atoms with E-state index in [9.17, 15) is 0 Å². The number of nitrogens with zero attached hydrogens (tertiary/aromatic N) is 3. The van der Waals surface area contributed by atoms with Crippen LogP contribution in [-0.4, -0.2) is 14.4 Å². The minimum absolute atomic E-state index is 1.01. The zero-order chi connectivity index (χ0) is 41.9. The highest BCUT2D eigenvalue weighted by Gasteiger charge is 2.20. The summed E-state index contributed by atoms with van der Waals surface area (Å²) in [6, 6.07) is 75.5. The molecule has 0 atom stereocenters. The van der Waals surface area contributed by atoms with E-state index in [2.05, 4.69) is 205 Å². The molecule has 4 heterocycles. The molecule has 0 aliphatic rings. The fourth-order valence-electron chi connectivity index (χ4n) is 10.4. The van der Waals surface area contributed by atoms with Gasteiger partial charge >= 0.3 is 0 Å². The number of imidazole rings is 1. The summed E-state index contributed by atoms with van der Waals surface area (Å²) in [5.41, 5.74) is 13.7. The van der Waals surface area contributed by atoms with Gasteiger partial charge in [0, 0.05) is 37.8 Å². The Kier molecular flexibility index (Phi) is 7.56. The van der Waals surface area contributed by atoms with Gasteiger partial charge in [0.15, 0.2) is 5.65 Å². The molecule has 0 aliphatic heterocycles. The summed E-state index contributed by atoms with van der Waals surface area (Å²) in [4.78, 5) is 10.2. The van der Waals surface area contributed by atoms with Crippen molar-refractivity contribution < 1.29 is 0 Å². The smallest absolute Gasteiger partial charge is 0.156 e. The normalized spacial score (nSPS) is 12.1. The summed E-state index contributed by atoms with van der Waals surface area (Å²) in [6.07, 6.45) is 1.88. The molecular weight excluding hydrogens is 795 g/mol. The third-order valence-corrected chi connectivity index (χ3v) is 14.7. The number of benzene rings is 10. The van der Waals surface area contributed by atoms with Crippen molar-refractivity contribution in [3.63, 3.8) is 0 Å². The quantitative estimate of drug-likeness (QED) is 0.165. The predicted octanol–water partition coefficient (Wildman–Crippen LogP) is 16.7. The number of pyridine rings is 2. The van der Waals surface area contributed by atoms with Crippen LogP contribution in [0.5, 0.6) is 0 Å². The zero-order valence-electron chi connectivity index (χ0n) is 34.5. The SMILES string of the molecule is c1ccc2c(c1)ccc1c2nc2c3sc4c5ccccc5ccc4c3cc(-c3ccc(-c4ccc(-c5ccc(-c6cccc7c6ccc6cccnc67)cc5)c5ccccc45)cc3)n12. The van der Waals surface area contributed by atoms with E-state index in [1.807, 2.05) is 23.6 Å². The Morgan fingerprint density at radius 2 is 0.891 bits per heavy atom. The van der Waals surface area contributed by atoms with Crippen molar-refractivity contribution >= 4 is 102 Å². The van der Waals surface area contributed by atoms with Crippen LogP contribution >= 0.6 is 11.3 Å². The molecule has 4 heteroatoms. The van der Waals surface area contributed by atoms with Crippen LogP contribution < -0.4 is 0 Å². The lowest BCUT2D eigenvalue weighted by Gasteiger charge is -2.14. The minimum atomic E-state index is 1.01. The highest BCUT2D eigenvalue weighted by molar-refractivity contribution is 7.27. The van der Waals surface area contributed by atoms with E-state index in [0.29, 0.717) is 0 Å². The molecule has 0 radical (unpaired) electrons. The number of fused-ring (bicyclic) bond motifs is 15. The van der Waals surface area contributed by atoms with Crippen LogP contribution in [0, 0.1) is 0 Å². The zero-order valence-corrected chi connectivity index (χ0v) is 35.3. The van der Waals surface area contributed by atoms with Crippen molar-refractivity contribution in [1.29, 1.82) is 0 Å².